The Morgan fingerprint density at radius 3 is 2.41 bits per heavy atom. The van der Waals surface area contributed by atoms with Crippen molar-refractivity contribution < 1.29 is 5.21 Å². The number of para-hydroxylation sites is 2. The van der Waals surface area contributed by atoms with Crippen LogP contribution < -0.4 is 5.73 Å². The van der Waals surface area contributed by atoms with Gasteiger partial charge in [-0.3, -0.25) is 0 Å². The summed E-state index contributed by atoms with van der Waals surface area (Å²) in [5.41, 5.74) is 8.61. The Bertz CT molecular complexity index is 671. The van der Waals surface area contributed by atoms with E-state index in [1.54, 1.807) is 12.1 Å². The SMILES string of the molecule is Nc1ccc(-c2nc3ccccc3n2O)cc1. The zero-order valence-electron chi connectivity index (χ0n) is 9.04. The minimum absolute atomic E-state index is 0.520. The highest BCUT2D eigenvalue weighted by Gasteiger charge is 2.10. The fraction of sp³-hybridized carbons (Fsp3) is 0. The van der Waals surface area contributed by atoms with Crippen LogP contribution >= 0.6 is 0 Å². The quantitative estimate of drug-likeness (QED) is 0.494. The highest BCUT2D eigenvalue weighted by molar-refractivity contribution is 5.80. The first kappa shape index (κ1) is 9.72. The zero-order valence-corrected chi connectivity index (χ0v) is 9.04. The highest BCUT2D eigenvalue weighted by Crippen LogP contribution is 2.23. The molecule has 2 aromatic carbocycles. The average molecular weight is 225 g/mol. The van der Waals surface area contributed by atoms with Gasteiger partial charge in [0.2, 0.25) is 0 Å². The number of benzene rings is 2. The molecule has 0 atom stereocenters. The predicted octanol–water partition coefficient (Wildman–Crippen LogP) is 2.52. The first-order chi connectivity index (χ1) is 8.25. The number of nitrogen functional groups attached to an aromatic ring is 1. The summed E-state index contributed by atoms with van der Waals surface area (Å²) in [6.07, 6.45) is 0. The molecule has 0 aliphatic heterocycles. The average Bonchev–Trinajstić information content (AvgIpc) is 2.69. The fourth-order valence-electron chi connectivity index (χ4n) is 1.83. The lowest BCUT2D eigenvalue weighted by atomic mass is 10.2. The Hall–Kier alpha value is -2.49. The summed E-state index contributed by atoms with van der Waals surface area (Å²) in [6, 6.07) is 14.7. The van der Waals surface area contributed by atoms with E-state index in [0.717, 1.165) is 15.8 Å². The summed E-state index contributed by atoms with van der Waals surface area (Å²) in [4.78, 5) is 4.38. The Morgan fingerprint density at radius 1 is 1.00 bits per heavy atom. The number of aromatic nitrogens is 2. The highest BCUT2D eigenvalue weighted by atomic mass is 16.5. The third-order valence-corrected chi connectivity index (χ3v) is 2.71. The molecule has 0 aliphatic carbocycles. The lowest BCUT2D eigenvalue weighted by molar-refractivity contribution is 0.203. The van der Waals surface area contributed by atoms with Crippen molar-refractivity contribution in [2.45, 2.75) is 0 Å². The molecule has 3 N–H and O–H groups in total. The van der Waals surface area contributed by atoms with Gasteiger partial charge >= 0.3 is 0 Å². The zero-order chi connectivity index (χ0) is 11.8. The third-order valence-electron chi connectivity index (χ3n) is 2.71. The molecule has 0 spiro atoms. The summed E-state index contributed by atoms with van der Waals surface area (Å²) in [7, 11) is 0. The van der Waals surface area contributed by atoms with E-state index in [0.29, 0.717) is 17.0 Å². The Kier molecular flexibility index (Phi) is 2.01. The molecular formula is C13H11N3O. The van der Waals surface area contributed by atoms with E-state index >= 15 is 0 Å². The number of nitrogens with zero attached hydrogens (tertiary/aromatic N) is 2. The van der Waals surface area contributed by atoms with Crippen LogP contribution in [0, 0.1) is 0 Å². The maximum Gasteiger partial charge on any atom is 0.176 e. The lowest BCUT2D eigenvalue weighted by Gasteiger charge is -2.01. The largest absolute Gasteiger partial charge is 0.426 e. The topological polar surface area (TPSA) is 64.1 Å². The van der Waals surface area contributed by atoms with Crippen molar-refractivity contribution in [2.24, 2.45) is 0 Å². The summed E-state index contributed by atoms with van der Waals surface area (Å²) in [5, 5.41) is 10.0. The molecule has 4 heteroatoms. The van der Waals surface area contributed by atoms with E-state index in [1.807, 2.05) is 36.4 Å². The number of imidazole rings is 1. The summed E-state index contributed by atoms with van der Waals surface area (Å²) in [5.74, 6) is 0.520. The summed E-state index contributed by atoms with van der Waals surface area (Å²) in [6.45, 7) is 0. The van der Waals surface area contributed by atoms with E-state index < -0.39 is 0 Å². The molecule has 0 bridgehead atoms. The fourth-order valence-corrected chi connectivity index (χ4v) is 1.83. The van der Waals surface area contributed by atoms with Gasteiger partial charge < -0.3 is 10.9 Å². The van der Waals surface area contributed by atoms with Crippen LogP contribution in [0.2, 0.25) is 0 Å². The summed E-state index contributed by atoms with van der Waals surface area (Å²) >= 11 is 0. The van der Waals surface area contributed by atoms with Crippen molar-refractivity contribution in [3.8, 4) is 11.4 Å². The minimum atomic E-state index is 0.520. The number of rotatable bonds is 1. The van der Waals surface area contributed by atoms with Gasteiger partial charge in [-0.2, -0.15) is 4.73 Å². The van der Waals surface area contributed by atoms with Gasteiger partial charge in [-0.1, -0.05) is 12.1 Å². The van der Waals surface area contributed by atoms with Crippen LogP contribution in [-0.4, -0.2) is 14.9 Å². The van der Waals surface area contributed by atoms with Gasteiger partial charge in [-0.25, -0.2) is 4.98 Å². The van der Waals surface area contributed by atoms with Crippen molar-refractivity contribution in [3.05, 3.63) is 48.5 Å². The molecule has 17 heavy (non-hydrogen) atoms. The molecule has 0 saturated carbocycles. The number of nitrogens with two attached hydrogens (primary N) is 1. The molecule has 4 nitrogen and oxygen atoms in total. The van der Waals surface area contributed by atoms with Gasteiger partial charge in [-0.05, 0) is 36.4 Å². The van der Waals surface area contributed by atoms with E-state index in [9.17, 15) is 5.21 Å². The second-order valence-electron chi connectivity index (χ2n) is 3.86. The number of hydrogen-bond acceptors (Lipinski definition) is 3. The maximum absolute atomic E-state index is 10.0. The van der Waals surface area contributed by atoms with E-state index in [4.69, 9.17) is 5.73 Å². The third kappa shape index (κ3) is 1.50. The van der Waals surface area contributed by atoms with Gasteiger partial charge in [0, 0.05) is 11.3 Å². The van der Waals surface area contributed by atoms with Crippen LogP contribution in [0.25, 0.3) is 22.4 Å². The van der Waals surface area contributed by atoms with Gasteiger partial charge in [0.05, 0.1) is 5.52 Å². The normalized spacial score (nSPS) is 10.8. The van der Waals surface area contributed by atoms with Gasteiger partial charge in [0.25, 0.3) is 0 Å². The Labute approximate surface area is 97.9 Å². The first-order valence-electron chi connectivity index (χ1n) is 5.28. The number of fused-ring (bicyclic) bond motifs is 1. The van der Waals surface area contributed by atoms with Crippen LogP contribution in [0.3, 0.4) is 0 Å². The molecule has 1 aromatic heterocycles. The second-order valence-corrected chi connectivity index (χ2v) is 3.86. The molecule has 1 heterocycles. The van der Waals surface area contributed by atoms with Crippen molar-refractivity contribution >= 4 is 16.7 Å². The molecule has 0 unspecified atom stereocenters. The molecule has 0 aliphatic rings. The van der Waals surface area contributed by atoms with Gasteiger partial charge in [0.1, 0.15) is 5.52 Å². The summed E-state index contributed by atoms with van der Waals surface area (Å²) < 4.78 is 1.10. The first-order valence-corrected chi connectivity index (χ1v) is 5.28. The molecule has 3 rings (SSSR count). The monoisotopic (exact) mass is 225 g/mol. The Morgan fingerprint density at radius 2 is 1.71 bits per heavy atom. The second kappa shape index (κ2) is 3.52. The molecule has 0 radical (unpaired) electrons. The lowest BCUT2D eigenvalue weighted by Crippen LogP contribution is -1.94. The molecular weight excluding hydrogens is 214 g/mol. The van der Waals surface area contributed by atoms with Gasteiger partial charge in [-0.15, -0.1) is 0 Å². The number of hydrogen-bond donors (Lipinski definition) is 2. The molecule has 0 amide bonds. The van der Waals surface area contributed by atoms with E-state index in [2.05, 4.69) is 4.98 Å². The van der Waals surface area contributed by atoms with Crippen molar-refractivity contribution in [3.63, 3.8) is 0 Å². The van der Waals surface area contributed by atoms with E-state index in [-0.39, 0.29) is 0 Å². The van der Waals surface area contributed by atoms with Crippen molar-refractivity contribution in [1.82, 2.24) is 9.71 Å². The molecule has 0 fully saturated rings. The van der Waals surface area contributed by atoms with Crippen LogP contribution in [0.1, 0.15) is 0 Å². The standard InChI is InChI=1S/C13H11N3O/c14-10-7-5-9(6-8-10)13-15-11-3-1-2-4-12(11)16(13)17/h1-8,17H,14H2. The predicted molar refractivity (Wildman–Crippen MR) is 66.8 cm³/mol. The van der Waals surface area contributed by atoms with Crippen LogP contribution in [-0.2, 0) is 0 Å². The molecule has 84 valence electrons. The molecule has 0 saturated heterocycles. The Balaban J connectivity index is 2.24. The van der Waals surface area contributed by atoms with Gasteiger partial charge in [0.15, 0.2) is 5.82 Å². The maximum atomic E-state index is 10.0. The smallest absolute Gasteiger partial charge is 0.176 e. The minimum Gasteiger partial charge on any atom is -0.426 e. The number of anilines is 1. The van der Waals surface area contributed by atoms with Crippen LogP contribution in [0.15, 0.2) is 48.5 Å². The van der Waals surface area contributed by atoms with Crippen LogP contribution in [0.5, 0.6) is 0 Å². The van der Waals surface area contributed by atoms with Crippen molar-refractivity contribution in [2.75, 3.05) is 5.73 Å². The van der Waals surface area contributed by atoms with Crippen LogP contribution in [0.4, 0.5) is 5.69 Å². The van der Waals surface area contributed by atoms with Crippen molar-refractivity contribution in [1.29, 1.82) is 0 Å². The van der Waals surface area contributed by atoms with E-state index in [1.165, 1.54) is 0 Å². The molecule has 3 aromatic rings.